The second-order valence-corrected chi connectivity index (χ2v) is 4.96. The molecule has 0 unspecified atom stereocenters. The van der Waals surface area contributed by atoms with Crippen LogP contribution in [0, 0.1) is 0 Å². The molecule has 1 heterocycles. The van der Waals surface area contributed by atoms with Gasteiger partial charge in [0.1, 0.15) is 0 Å². The van der Waals surface area contributed by atoms with Gasteiger partial charge in [-0.15, -0.1) is 11.3 Å². The van der Waals surface area contributed by atoms with Crippen LogP contribution in [0.2, 0.25) is 0 Å². The second kappa shape index (κ2) is 6.01. The molecule has 0 saturated heterocycles. The zero-order valence-corrected chi connectivity index (χ0v) is 10.4. The number of hydrogen-bond donors (Lipinski definition) is 1. The van der Waals surface area contributed by atoms with Gasteiger partial charge in [-0.05, 0) is 25.3 Å². The summed E-state index contributed by atoms with van der Waals surface area (Å²) in [7, 11) is 1.39. The Balaban J connectivity index is 2.56. The minimum Gasteiger partial charge on any atom is -0.478 e. The first-order chi connectivity index (χ1) is 8.26. The lowest BCUT2D eigenvalue weighted by atomic mass is 10.3. The Hall–Kier alpha value is -1.34. The van der Waals surface area contributed by atoms with Crippen LogP contribution in [0.25, 0.3) is 6.08 Å². The maximum Gasteiger partial charge on any atom is 0.401 e. The molecule has 0 aliphatic carbocycles. The molecule has 1 rings (SSSR count). The minimum atomic E-state index is -4.21. The van der Waals surface area contributed by atoms with Gasteiger partial charge in [-0.3, -0.25) is 4.90 Å². The van der Waals surface area contributed by atoms with E-state index in [1.807, 2.05) is 0 Å². The maximum atomic E-state index is 12.1. The zero-order chi connectivity index (χ0) is 13.8. The number of carboxylic acid groups (broad SMARTS) is 1. The standard InChI is InChI=1S/C11H12F3NO2S/c1-15(7-11(12,13)14)6-9-3-2-8(18-9)4-5-10(16)17/h2-5H,6-7H2,1H3,(H,16,17)/b5-4+. The van der Waals surface area contributed by atoms with Crippen molar-refractivity contribution in [2.75, 3.05) is 13.6 Å². The lowest BCUT2D eigenvalue weighted by Gasteiger charge is -2.17. The van der Waals surface area contributed by atoms with Gasteiger partial charge in [-0.1, -0.05) is 0 Å². The topological polar surface area (TPSA) is 40.5 Å². The number of nitrogens with zero attached hydrogens (tertiary/aromatic N) is 1. The van der Waals surface area contributed by atoms with Crippen molar-refractivity contribution < 1.29 is 23.1 Å². The number of alkyl halides is 3. The van der Waals surface area contributed by atoms with Gasteiger partial charge in [0.25, 0.3) is 0 Å². The average molecular weight is 279 g/mol. The second-order valence-electron chi connectivity index (χ2n) is 3.76. The highest BCUT2D eigenvalue weighted by Crippen LogP contribution is 2.21. The van der Waals surface area contributed by atoms with E-state index in [4.69, 9.17) is 5.11 Å². The Kier molecular flexibility index (Phi) is 4.92. The summed E-state index contributed by atoms with van der Waals surface area (Å²) in [6.07, 6.45) is -1.80. The van der Waals surface area contributed by atoms with Gasteiger partial charge in [0, 0.05) is 22.4 Å². The number of carbonyl (C=O) groups is 1. The molecule has 1 aromatic rings. The SMILES string of the molecule is CN(Cc1ccc(/C=C/C(=O)O)s1)CC(F)(F)F. The van der Waals surface area contributed by atoms with Crippen LogP contribution in [0.15, 0.2) is 18.2 Å². The van der Waals surface area contributed by atoms with E-state index in [1.54, 1.807) is 12.1 Å². The van der Waals surface area contributed by atoms with Crippen LogP contribution in [0.3, 0.4) is 0 Å². The van der Waals surface area contributed by atoms with Crippen LogP contribution < -0.4 is 0 Å². The molecule has 1 aromatic heterocycles. The van der Waals surface area contributed by atoms with Gasteiger partial charge in [0.2, 0.25) is 0 Å². The Morgan fingerprint density at radius 3 is 2.72 bits per heavy atom. The van der Waals surface area contributed by atoms with Gasteiger partial charge < -0.3 is 5.11 Å². The highest BCUT2D eigenvalue weighted by atomic mass is 32.1. The Bertz CT molecular complexity index is 440. The van der Waals surface area contributed by atoms with E-state index in [1.165, 1.54) is 24.5 Å². The fraction of sp³-hybridized carbons (Fsp3) is 0.364. The van der Waals surface area contributed by atoms with E-state index in [-0.39, 0.29) is 6.54 Å². The average Bonchev–Trinajstić information content (AvgIpc) is 2.59. The zero-order valence-electron chi connectivity index (χ0n) is 9.57. The summed E-state index contributed by atoms with van der Waals surface area (Å²) in [6, 6.07) is 3.37. The first-order valence-electron chi connectivity index (χ1n) is 5.01. The quantitative estimate of drug-likeness (QED) is 0.843. The van der Waals surface area contributed by atoms with E-state index < -0.39 is 18.7 Å². The van der Waals surface area contributed by atoms with Crippen molar-refractivity contribution in [2.24, 2.45) is 0 Å². The number of carboxylic acids is 1. The van der Waals surface area contributed by atoms with Crippen molar-refractivity contribution in [1.82, 2.24) is 4.90 Å². The van der Waals surface area contributed by atoms with Gasteiger partial charge >= 0.3 is 12.1 Å². The number of rotatable bonds is 5. The lowest BCUT2D eigenvalue weighted by Crippen LogP contribution is -2.30. The molecular weight excluding hydrogens is 267 g/mol. The molecule has 100 valence electrons. The molecule has 3 nitrogen and oxygen atoms in total. The third-order valence-electron chi connectivity index (χ3n) is 1.95. The monoisotopic (exact) mass is 279 g/mol. The van der Waals surface area contributed by atoms with E-state index in [0.29, 0.717) is 4.88 Å². The Morgan fingerprint density at radius 1 is 1.50 bits per heavy atom. The smallest absolute Gasteiger partial charge is 0.401 e. The van der Waals surface area contributed by atoms with E-state index in [9.17, 15) is 18.0 Å². The maximum absolute atomic E-state index is 12.1. The van der Waals surface area contributed by atoms with E-state index in [0.717, 1.165) is 15.9 Å². The van der Waals surface area contributed by atoms with Gasteiger partial charge in [-0.2, -0.15) is 13.2 Å². The first-order valence-corrected chi connectivity index (χ1v) is 5.83. The van der Waals surface area contributed by atoms with Crippen molar-refractivity contribution >= 4 is 23.4 Å². The third-order valence-corrected chi connectivity index (χ3v) is 2.98. The number of halogens is 3. The molecule has 0 saturated carbocycles. The molecule has 0 atom stereocenters. The summed E-state index contributed by atoms with van der Waals surface area (Å²) in [5, 5.41) is 8.44. The molecule has 18 heavy (non-hydrogen) atoms. The molecule has 7 heteroatoms. The van der Waals surface area contributed by atoms with Crippen molar-refractivity contribution in [1.29, 1.82) is 0 Å². The summed E-state index contributed by atoms with van der Waals surface area (Å²) in [4.78, 5) is 12.9. The van der Waals surface area contributed by atoms with Crippen molar-refractivity contribution in [3.8, 4) is 0 Å². The fourth-order valence-electron chi connectivity index (χ4n) is 1.35. The summed E-state index contributed by atoms with van der Waals surface area (Å²) in [6.45, 7) is -0.781. The van der Waals surface area contributed by atoms with Crippen molar-refractivity contribution in [3.05, 3.63) is 28.0 Å². The summed E-state index contributed by atoms with van der Waals surface area (Å²) < 4.78 is 36.3. The van der Waals surface area contributed by atoms with Crippen molar-refractivity contribution in [2.45, 2.75) is 12.7 Å². The molecule has 0 spiro atoms. The molecule has 0 bridgehead atoms. The molecule has 0 aromatic carbocycles. The van der Waals surface area contributed by atoms with E-state index >= 15 is 0 Å². The number of thiophene rings is 1. The van der Waals surface area contributed by atoms with Gasteiger partial charge in [0.05, 0.1) is 6.54 Å². The predicted octanol–water partition coefficient (Wildman–Crippen LogP) is 2.84. The first kappa shape index (κ1) is 14.7. The van der Waals surface area contributed by atoms with Crippen LogP contribution in [0.1, 0.15) is 9.75 Å². The van der Waals surface area contributed by atoms with E-state index in [2.05, 4.69) is 0 Å². The Labute approximate surface area is 106 Å². The van der Waals surface area contributed by atoms with Crippen LogP contribution >= 0.6 is 11.3 Å². The molecular formula is C11H12F3NO2S. The third kappa shape index (κ3) is 5.83. The lowest BCUT2D eigenvalue weighted by molar-refractivity contribution is -0.144. The molecule has 0 radical (unpaired) electrons. The van der Waals surface area contributed by atoms with Gasteiger partial charge in [-0.25, -0.2) is 4.79 Å². The fourth-order valence-corrected chi connectivity index (χ4v) is 2.35. The minimum absolute atomic E-state index is 0.186. The molecule has 0 aliphatic rings. The number of hydrogen-bond acceptors (Lipinski definition) is 3. The molecule has 0 fully saturated rings. The van der Waals surface area contributed by atoms with Crippen molar-refractivity contribution in [3.63, 3.8) is 0 Å². The molecule has 0 amide bonds. The van der Waals surface area contributed by atoms with Crippen LogP contribution in [0.5, 0.6) is 0 Å². The Morgan fingerprint density at radius 2 is 2.17 bits per heavy atom. The van der Waals surface area contributed by atoms with Crippen LogP contribution in [-0.2, 0) is 11.3 Å². The summed E-state index contributed by atoms with van der Waals surface area (Å²) in [5.74, 6) is -1.06. The summed E-state index contributed by atoms with van der Waals surface area (Å²) >= 11 is 1.27. The summed E-state index contributed by atoms with van der Waals surface area (Å²) in [5.41, 5.74) is 0. The largest absolute Gasteiger partial charge is 0.478 e. The predicted molar refractivity (Wildman–Crippen MR) is 63.4 cm³/mol. The normalized spacial score (nSPS) is 12.5. The highest BCUT2D eigenvalue weighted by Gasteiger charge is 2.29. The van der Waals surface area contributed by atoms with Crippen LogP contribution in [-0.4, -0.2) is 35.7 Å². The molecule has 1 N–H and O–H groups in total. The van der Waals surface area contributed by atoms with Crippen LogP contribution in [0.4, 0.5) is 13.2 Å². The highest BCUT2D eigenvalue weighted by molar-refractivity contribution is 7.12. The number of aliphatic carboxylic acids is 1. The molecule has 0 aliphatic heterocycles. The van der Waals surface area contributed by atoms with Gasteiger partial charge in [0.15, 0.2) is 0 Å².